The largest absolute Gasteiger partial charge is 0.421 e. The van der Waals surface area contributed by atoms with Gasteiger partial charge >= 0.3 is 5.95 Å². The molecular weight excluding hydrogens is 518 g/mol. The van der Waals surface area contributed by atoms with Crippen molar-refractivity contribution in [2.24, 2.45) is 24.3 Å². The summed E-state index contributed by atoms with van der Waals surface area (Å²) in [6.07, 6.45) is 6.23. The number of aromatic nitrogens is 2. The molecule has 0 aliphatic carbocycles. The molecule has 222 valence electrons. The van der Waals surface area contributed by atoms with E-state index in [9.17, 15) is 0 Å². The predicted octanol–water partition coefficient (Wildman–Crippen LogP) is 6.40. The van der Waals surface area contributed by atoms with Gasteiger partial charge in [-0.1, -0.05) is 65.8 Å². The molecule has 3 aromatic carbocycles. The molecule has 0 aliphatic rings. The number of anilines is 1. The van der Waals surface area contributed by atoms with E-state index in [0.717, 1.165) is 72.7 Å². The Bertz CT molecular complexity index is 1310. The quantitative estimate of drug-likeness (QED) is 0.0928. The highest BCUT2D eigenvalue weighted by molar-refractivity contribution is 5.52. The van der Waals surface area contributed by atoms with Crippen molar-refractivity contribution in [2.75, 3.05) is 59.3 Å². The first kappa shape index (κ1) is 31.1. The highest BCUT2D eigenvalue weighted by atomic mass is 15.3. The SMILES string of the molecule is Cn1cc[n+](C)c1/N=N/c1ccc(N(CCC[N+](C)(C)Cc2ccccc2)CCC[N+](C)(C)Cc2ccccc2)cc1. The highest BCUT2D eigenvalue weighted by Gasteiger charge is 2.19. The molecule has 0 unspecified atom stereocenters. The normalized spacial score (nSPS) is 12.2. The van der Waals surface area contributed by atoms with Gasteiger partial charge in [0.1, 0.15) is 18.8 Å². The summed E-state index contributed by atoms with van der Waals surface area (Å²) < 4.78 is 5.90. The summed E-state index contributed by atoms with van der Waals surface area (Å²) in [5, 5.41) is 8.96. The monoisotopic (exact) mass is 568 g/mol. The number of benzene rings is 3. The van der Waals surface area contributed by atoms with Crippen LogP contribution in [0.3, 0.4) is 0 Å². The molecule has 0 spiro atoms. The zero-order chi connectivity index (χ0) is 30.0. The summed E-state index contributed by atoms with van der Waals surface area (Å²) in [7, 11) is 13.3. The van der Waals surface area contributed by atoms with Gasteiger partial charge in [-0.25, -0.2) is 9.13 Å². The Balaban J connectivity index is 1.40. The summed E-state index contributed by atoms with van der Waals surface area (Å²) in [6, 6.07) is 30.2. The third kappa shape index (κ3) is 9.64. The molecule has 0 bridgehead atoms. The maximum absolute atomic E-state index is 4.50. The van der Waals surface area contributed by atoms with E-state index in [-0.39, 0.29) is 0 Å². The molecular formula is C35H50N7+3. The third-order valence-corrected chi connectivity index (χ3v) is 7.90. The van der Waals surface area contributed by atoms with E-state index in [1.807, 2.05) is 35.6 Å². The van der Waals surface area contributed by atoms with Gasteiger partial charge in [-0.05, 0) is 24.3 Å². The van der Waals surface area contributed by atoms with E-state index in [2.05, 4.69) is 128 Å². The third-order valence-electron chi connectivity index (χ3n) is 7.90. The van der Waals surface area contributed by atoms with Crippen LogP contribution in [0.25, 0.3) is 0 Å². The molecule has 0 fully saturated rings. The number of nitrogens with zero attached hydrogens (tertiary/aromatic N) is 7. The second-order valence-electron chi connectivity index (χ2n) is 12.8. The van der Waals surface area contributed by atoms with Gasteiger partial charge in [0, 0.05) is 47.9 Å². The Morgan fingerprint density at radius 1 is 0.690 bits per heavy atom. The maximum atomic E-state index is 4.50. The molecule has 0 saturated heterocycles. The van der Waals surface area contributed by atoms with E-state index < -0.39 is 0 Å². The Kier molecular flexibility index (Phi) is 10.7. The van der Waals surface area contributed by atoms with Crippen molar-refractivity contribution in [3.8, 4) is 0 Å². The van der Waals surface area contributed by atoms with Crippen LogP contribution in [0.15, 0.2) is 108 Å². The maximum Gasteiger partial charge on any atom is 0.421 e. The molecule has 0 amide bonds. The highest BCUT2D eigenvalue weighted by Crippen LogP contribution is 2.23. The first-order valence-corrected chi connectivity index (χ1v) is 15.1. The lowest BCUT2D eigenvalue weighted by Crippen LogP contribution is -2.42. The minimum Gasteiger partial charge on any atom is -0.371 e. The molecule has 0 atom stereocenters. The molecule has 42 heavy (non-hydrogen) atoms. The molecule has 0 radical (unpaired) electrons. The van der Waals surface area contributed by atoms with Crippen LogP contribution in [-0.2, 0) is 27.2 Å². The average Bonchev–Trinajstić information content (AvgIpc) is 3.28. The van der Waals surface area contributed by atoms with Gasteiger partial charge in [0.2, 0.25) is 0 Å². The minimum atomic E-state index is 0.813. The lowest BCUT2D eigenvalue weighted by molar-refractivity contribution is -0.903. The molecule has 1 heterocycles. The van der Waals surface area contributed by atoms with Crippen molar-refractivity contribution in [3.05, 3.63) is 108 Å². The summed E-state index contributed by atoms with van der Waals surface area (Å²) >= 11 is 0. The van der Waals surface area contributed by atoms with Crippen LogP contribution in [0.1, 0.15) is 24.0 Å². The zero-order valence-electron chi connectivity index (χ0n) is 26.5. The summed E-state index contributed by atoms with van der Waals surface area (Å²) in [4.78, 5) is 2.56. The lowest BCUT2D eigenvalue weighted by atomic mass is 10.1. The van der Waals surface area contributed by atoms with Crippen molar-refractivity contribution in [1.29, 1.82) is 0 Å². The van der Waals surface area contributed by atoms with E-state index in [1.165, 1.54) is 16.8 Å². The van der Waals surface area contributed by atoms with Crippen LogP contribution in [0.2, 0.25) is 0 Å². The van der Waals surface area contributed by atoms with Crippen LogP contribution >= 0.6 is 0 Å². The molecule has 0 aliphatic heterocycles. The summed E-state index contributed by atoms with van der Waals surface area (Å²) in [6.45, 7) is 6.41. The standard InChI is InChI=1S/C35H50N7/c1-38-25-26-39(2)35(38)37-36-33-19-21-34(22-20-33)40(23-13-27-41(3,4)29-31-15-9-7-10-16-31)24-14-28-42(5,6)30-32-17-11-8-12-18-32/h7-12,15-22,25-26H,13-14,23-24,27-30H2,1-6H3/q+3. The first-order valence-electron chi connectivity index (χ1n) is 15.1. The van der Waals surface area contributed by atoms with Crippen LogP contribution in [0.5, 0.6) is 0 Å². The fraction of sp³-hybridized carbons (Fsp3) is 0.400. The van der Waals surface area contributed by atoms with Gasteiger partial charge < -0.3 is 13.9 Å². The second kappa shape index (κ2) is 14.4. The fourth-order valence-electron chi connectivity index (χ4n) is 5.62. The molecule has 0 saturated carbocycles. The number of hydrogen-bond donors (Lipinski definition) is 0. The Morgan fingerprint density at radius 3 is 1.64 bits per heavy atom. The summed E-state index contributed by atoms with van der Waals surface area (Å²) in [5.41, 5.74) is 4.90. The number of quaternary nitrogens is 2. The van der Waals surface area contributed by atoms with Crippen molar-refractivity contribution < 1.29 is 13.5 Å². The van der Waals surface area contributed by atoms with Gasteiger partial charge in [-0.15, -0.1) is 0 Å². The topological polar surface area (TPSA) is 36.8 Å². The average molecular weight is 569 g/mol. The van der Waals surface area contributed by atoms with E-state index in [4.69, 9.17) is 0 Å². The van der Waals surface area contributed by atoms with Crippen molar-refractivity contribution in [2.45, 2.75) is 25.9 Å². The van der Waals surface area contributed by atoms with Gasteiger partial charge in [-0.3, -0.25) is 0 Å². The lowest BCUT2D eigenvalue weighted by Gasteiger charge is -2.33. The fourth-order valence-corrected chi connectivity index (χ4v) is 5.62. The number of rotatable bonds is 15. The van der Waals surface area contributed by atoms with Crippen molar-refractivity contribution in [3.63, 3.8) is 0 Å². The molecule has 4 aromatic rings. The summed E-state index contributed by atoms with van der Waals surface area (Å²) in [5.74, 6) is 0.813. The Labute approximate surface area is 253 Å². The number of aryl methyl sites for hydroxylation is 2. The van der Waals surface area contributed by atoms with Gasteiger partial charge in [0.05, 0.1) is 67.8 Å². The van der Waals surface area contributed by atoms with Crippen LogP contribution in [-0.4, -0.2) is 67.9 Å². The van der Waals surface area contributed by atoms with E-state index >= 15 is 0 Å². The van der Waals surface area contributed by atoms with Gasteiger partial charge in [-0.2, -0.15) is 0 Å². The molecule has 7 heteroatoms. The minimum absolute atomic E-state index is 0.813. The molecule has 1 aromatic heterocycles. The van der Waals surface area contributed by atoms with Gasteiger partial charge in [0.25, 0.3) is 0 Å². The number of hydrogen-bond acceptors (Lipinski definition) is 3. The first-order chi connectivity index (χ1) is 20.1. The van der Waals surface area contributed by atoms with E-state index in [0.29, 0.717) is 0 Å². The molecule has 0 N–H and O–H groups in total. The Morgan fingerprint density at radius 2 is 1.19 bits per heavy atom. The van der Waals surface area contributed by atoms with Crippen LogP contribution < -0.4 is 9.47 Å². The van der Waals surface area contributed by atoms with E-state index in [1.54, 1.807) is 0 Å². The van der Waals surface area contributed by atoms with Crippen LogP contribution in [0.4, 0.5) is 17.3 Å². The Hall–Kier alpha value is -3.81. The van der Waals surface area contributed by atoms with Crippen molar-refractivity contribution in [1.82, 2.24) is 4.57 Å². The molecule has 7 nitrogen and oxygen atoms in total. The van der Waals surface area contributed by atoms with Crippen LogP contribution in [0, 0.1) is 0 Å². The predicted molar refractivity (Wildman–Crippen MR) is 173 cm³/mol. The van der Waals surface area contributed by atoms with Crippen molar-refractivity contribution >= 4 is 17.3 Å². The zero-order valence-corrected chi connectivity index (χ0v) is 26.5. The second-order valence-corrected chi connectivity index (χ2v) is 12.8. The molecule has 4 rings (SSSR count). The number of imidazole rings is 1. The van der Waals surface area contributed by atoms with Gasteiger partial charge in [0.15, 0.2) is 0 Å². The number of azo groups is 1. The smallest absolute Gasteiger partial charge is 0.371 e.